The first-order chi connectivity index (χ1) is 21.2. The molecule has 14 fully saturated rings. The van der Waals surface area contributed by atoms with Gasteiger partial charge in [-0.2, -0.15) is 0 Å². The van der Waals surface area contributed by atoms with Crippen molar-refractivity contribution in [2.24, 2.45) is 29.1 Å². The third kappa shape index (κ3) is 0.696. The molecule has 16 rings (SSSR count). The molecule has 0 aromatic carbocycles. The summed E-state index contributed by atoms with van der Waals surface area (Å²) in [6, 6.07) is 0. The summed E-state index contributed by atoms with van der Waals surface area (Å²) in [6.07, 6.45) is 21.6. The molecule has 4 nitrogen and oxygen atoms in total. The second-order valence-electron chi connectivity index (χ2n) is 23.0. The molecular formula is C38H50FeN4P2. The van der Waals surface area contributed by atoms with Gasteiger partial charge in [0.1, 0.15) is 0 Å². The molecule has 7 atom stereocenters. The van der Waals surface area contributed by atoms with Crippen molar-refractivity contribution < 1.29 is 6.51 Å². The Morgan fingerprint density at radius 1 is 0.756 bits per heavy atom. The van der Waals surface area contributed by atoms with Crippen LogP contribution in [0.1, 0.15) is 85.0 Å². The van der Waals surface area contributed by atoms with Crippen LogP contribution in [0.2, 0.25) is 46.7 Å². The third-order valence-electron chi connectivity index (χ3n) is 24.7. The van der Waals surface area contributed by atoms with Crippen molar-refractivity contribution >= 4 is 17.2 Å². The summed E-state index contributed by atoms with van der Waals surface area (Å²) in [7, 11) is 3.56. The Balaban J connectivity index is 1.04. The van der Waals surface area contributed by atoms with E-state index in [1.54, 1.807) is 38.3 Å². The summed E-state index contributed by atoms with van der Waals surface area (Å²) in [4.78, 5) is 28.3. The van der Waals surface area contributed by atoms with Crippen LogP contribution in [0.25, 0.3) is 0 Å². The first kappa shape index (κ1) is 24.6. The van der Waals surface area contributed by atoms with E-state index in [0.29, 0.717) is 19.2 Å². The van der Waals surface area contributed by atoms with Gasteiger partial charge in [0.2, 0.25) is 0 Å². The molecule has 10 aliphatic heterocycles. The normalized spacial score (nSPS) is 69.8. The summed E-state index contributed by atoms with van der Waals surface area (Å²) in [6.45, 7) is 12.0. The minimum absolute atomic E-state index is 0.0790. The summed E-state index contributed by atoms with van der Waals surface area (Å²) in [5, 5.41) is 0.191. The first-order valence-electron chi connectivity index (χ1n) is 18.5. The van der Waals surface area contributed by atoms with Crippen LogP contribution in [0.15, 0.2) is 37.2 Å². The van der Waals surface area contributed by atoms with Crippen LogP contribution in [0.5, 0.6) is 0 Å². The predicted octanol–water partition coefficient (Wildman–Crippen LogP) is 10.0. The fraction of sp³-hybridized carbons (Fsp3) is 0.789. The number of nitrogens with zero attached hydrogens (tertiary/aromatic N) is 4. The van der Waals surface area contributed by atoms with Gasteiger partial charge in [-0.05, 0) is 0 Å². The van der Waals surface area contributed by atoms with E-state index in [4.69, 9.17) is 19.9 Å². The van der Waals surface area contributed by atoms with Crippen molar-refractivity contribution in [1.82, 2.24) is 19.9 Å². The van der Waals surface area contributed by atoms with Crippen LogP contribution >= 0.6 is 17.2 Å². The zero-order valence-corrected chi connectivity index (χ0v) is 31.0. The maximum atomic E-state index is 5.29. The summed E-state index contributed by atoms with van der Waals surface area (Å²) >= 11 is 0. The maximum absolute atomic E-state index is 5.29. The molecule has 7 unspecified atom stereocenters. The van der Waals surface area contributed by atoms with Gasteiger partial charge in [-0.25, -0.2) is 0 Å². The van der Waals surface area contributed by atoms with Crippen LogP contribution in [0.4, 0.5) is 0 Å². The second-order valence-corrected chi connectivity index (χ2v) is 50.0. The zero-order chi connectivity index (χ0) is 30.3. The molecule has 240 valence electrons. The average Bonchev–Trinajstić information content (AvgIpc) is 3.94. The number of hydrogen-bond acceptors (Lipinski definition) is 4. The van der Waals surface area contributed by atoms with Gasteiger partial charge in [-0.3, -0.25) is 0 Å². The molecule has 12 heterocycles. The van der Waals surface area contributed by atoms with E-state index in [-0.39, 0.29) is 13.1 Å². The van der Waals surface area contributed by atoms with E-state index < -0.39 is 6.51 Å². The molecule has 4 bridgehead atoms. The molecule has 2 aromatic rings. The molecule has 14 aliphatic rings. The Labute approximate surface area is 262 Å². The summed E-state index contributed by atoms with van der Waals surface area (Å²) in [5.41, 5.74) is 3.89. The number of fused-ring (bicyclic) bond motifs is 10. The number of aromatic nitrogens is 4. The molecule has 7 heteroatoms. The van der Waals surface area contributed by atoms with E-state index in [9.17, 15) is 0 Å². The Kier molecular flexibility index (Phi) is 2.15. The van der Waals surface area contributed by atoms with Crippen molar-refractivity contribution in [2.45, 2.75) is 136 Å². The third-order valence-corrected chi connectivity index (χ3v) is 74.9. The Morgan fingerprint density at radius 3 is 1.67 bits per heavy atom. The SMILES string of the molecule is CC(C)(C)P(C[C]12[CH]3[C]4(C(C)(C)C)[CH]5[C]1(C(P)(c1cnccn1)c1cnccn1)[Fe]35241678[CH]2[CH]1[CH]6[CH]7[CH]28)C1C2CC3CC(C2)CC1C3. The minimum atomic E-state index is -4.32. The standard InChI is InChI=1S/C33H45N4P2.C5H5.Fe/c1-31(2,3)26-16-25(20-39(32(4,5)6)30-23-12-21-11-22(14-23)15-24(30)13-21)27(17-26)33(38,28-18-34-7-9-36-28)29-19-35-8-10-37-29;1-2-4-5-3-1;/h7-10,16-19,21-24,30H,11-15,20,38H2,1-6H3;1-5H;. The van der Waals surface area contributed by atoms with Crippen LogP contribution in [0.3, 0.4) is 0 Å². The Morgan fingerprint density at radius 2 is 1.27 bits per heavy atom. The first-order valence-corrected chi connectivity index (χ1v) is 26.8. The zero-order valence-electron chi connectivity index (χ0n) is 27.8. The van der Waals surface area contributed by atoms with Crippen molar-refractivity contribution in [2.75, 3.05) is 6.16 Å². The molecule has 4 aliphatic carbocycles. The Hall–Kier alpha value is -0.461. The fourth-order valence-corrected chi connectivity index (χ4v) is 121. The molecule has 0 N–H and O–H groups in total. The van der Waals surface area contributed by atoms with Gasteiger partial charge in [-0.15, -0.1) is 0 Å². The van der Waals surface area contributed by atoms with E-state index in [1.807, 2.05) is 24.8 Å². The second kappa shape index (κ2) is 3.93. The van der Waals surface area contributed by atoms with Gasteiger partial charge < -0.3 is 0 Å². The van der Waals surface area contributed by atoms with E-state index in [2.05, 4.69) is 63.2 Å². The molecular weight excluding hydrogens is 630 g/mol. The molecule has 0 radical (unpaired) electrons. The monoisotopic (exact) mass is 680 g/mol. The summed E-state index contributed by atoms with van der Waals surface area (Å²) in [5.74, 6) is 4.20. The van der Waals surface area contributed by atoms with E-state index in [1.165, 1.54) is 35.5 Å². The Bertz CT molecular complexity index is 2160. The molecule has 0 amide bonds. The van der Waals surface area contributed by atoms with Crippen molar-refractivity contribution in [1.29, 1.82) is 0 Å². The quantitative estimate of drug-likeness (QED) is 0.225. The fourth-order valence-electron chi connectivity index (χ4n) is 28.0. The molecule has 1 spiro atoms. The van der Waals surface area contributed by atoms with Crippen molar-refractivity contribution in [3.8, 4) is 0 Å². The van der Waals surface area contributed by atoms with Crippen LogP contribution in [-0.2, 0) is 11.7 Å². The molecule has 4 saturated carbocycles. The van der Waals surface area contributed by atoms with Gasteiger partial charge in [0.05, 0.1) is 0 Å². The van der Waals surface area contributed by atoms with Gasteiger partial charge in [0, 0.05) is 0 Å². The molecule has 2 aromatic heterocycles. The topological polar surface area (TPSA) is 51.6 Å². The van der Waals surface area contributed by atoms with E-state index >= 15 is 0 Å². The van der Waals surface area contributed by atoms with Crippen LogP contribution < -0.4 is 0 Å². The van der Waals surface area contributed by atoms with Crippen LogP contribution in [0, 0.1) is 29.1 Å². The van der Waals surface area contributed by atoms with Gasteiger partial charge >= 0.3 is 264 Å². The van der Waals surface area contributed by atoms with Crippen molar-refractivity contribution in [3.05, 3.63) is 48.6 Å². The predicted molar refractivity (Wildman–Crippen MR) is 181 cm³/mol. The van der Waals surface area contributed by atoms with Gasteiger partial charge in [0.15, 0.2) is 0 Å². The molecule has 45 heavy (non-hydrogen) atoms. The molecule has 10 saturated heterocycles. The average molecular weight is 681 g/mol. The van der Waals surface area contributed by atoms with Crippen LogP contribution in [-0.4, -0.2) is 36.9 Å². The number of hydrogen-bond donors (Lipinski definition) is 0. The van der Waals surface area contributed by atoms with E-state index in [0.717, 1.165) is 43.3 Å². The van der Waals surface area contributed by atoms with Gasteiger partial charge in [0.25, 0.3) is 0 Å². The van der Waals surface area contributed by atoms with Gasteiger partial charge in [-0.1, -0.05) is 0 Å². The van der Waals surface area contributed by atoms with Crippen molar-refractivity contribution in [3.63, 3.8) is 0 Å². The number of rotatable bonds is 6. The summed E-state index contributed by atoms with van der Waals surface area (Å²) < 4.78 is 1.82.